The molecule has 0 saturated heterocycles. The van der Waals surface area contributed by atoms with Crippen molar-refractivity contribution in [3.8, 4) is 0 Å². The van der Waals surface area contributed by atoms with Gasteiger partial charge in [0.05, 0.1) is 6.10 Å². The number of hydrogen-bond acceptors (Lipinski definition) is 2. The molecule has 21 heavy (non-hydrogen) atoms. The van der Waals surface area contributed by atoms with Gasteiger partial charge in [0.15, 0.2) is 0 Å². The number of aliphatic hydroxyl groups excluding tert-OH is 1. The third-order valence-corrected chi connectivity index (χ3v) is 3.73. The van der Waals surface area contributed by atoms with Gasteiger partial charge in [-0.2, -0.15) is 0 Å². The second-order valence-corrected chi connectivity index (χ2v) is 5.91. The minimum atomic E-state index is -0.729. The molecule has 0 rings (SSSR count). The van der Waals surface area contributed by atoms with Gasteiger partial charge in [0.1, 0.15) is 0 Å². The summed E-state index contributed by atoms with van der Waals surface area (Å²) in [6, 6.07) is 0. The van der Waals surface area contributed by atoms with E-state index in [-0.39, 0.29) is 12.5 Å². The number of unbranched alkanes of at least 4 members (excludes halogenated alkanes) is 8. The van der Waals surface area contributed by atoms with E-state index in [0.29, 0.717) is 0 Å². The standard InChI is InChI=1S/C18H34O3/c1-2-3-4-5-6-7-8-9-11-14-17(19)15-12-10-13-16-18(20)21/h9,11,17,19H,2-8,10,12-16H2,1H3,(H,20,21)/b11-9-. The van der Waals surface area contributed by atoms with Crippen LogP contribution in [0.5, 0.6) is 0 Å². The quantitative estimate of drug-likeness (QED) is 0.327. The Morgan fingerprint density at radius 1 is 0.952 bits per heavy atom. The number of carboxylic acid groups (broad SMARTS) is 1. The molecule has 0 spiro atoms. The van der Waals surface area contributed by atoms with E-state index >= 15 is 0 Å². The van der Waals surface area contributed by atoms with E-state index < -0.39 is 5.97 Å². The molecule has 2 N–H and O–H groups in total. The van der Waals surface area contributed by atoms with Crippen LogP contribution in [0.25, 0.3) is 0 Å². The number of rotatable bonds is 15. The van der Waals surface area contributed by atoms with Crippen LogP contribution in [-0.4, -0.2) is 22.3 Å². The Labute approximate surface area is 130 Å². The van der Waals surface area contributed by atoms with Crippen molar-refractivity contribution in [1.29, 1.82) is 0 Å². The van der Waals surface area contributed by atoms with E-state index in [1.807, 2.05) is 0 Å². The maximum Gasteiger partial charge on any atom is 0.303 e. The van der Waals surface area contributed by atoms with Crippen LogP contribution in [0.4, 0.5) is 0 Å². The number of carbonyl (C=O) groups is 1. The Morgan fingerprint density at radius 2 is 1.62 bits per heavy atom. The summed E-state index contributed by atoms with van der Waals surface area (Å²) in [6.45, 7) is 2.24. The molecule has 0 aromatic rings. The van der Waals surface area contributed by atoms with Crippen LogP contribution in [0.2, 0.25) is 0 Å². The molecule has 3 heteroatoms. The molecule has 0 amide bonds. The van der Waals surface area contributed by atoms with Crippen molar-refractivity contribution >= 4 is 5.97 Å². The number of aliphatic carboxylic acids is 1. The Bertz CT molecular complexity index is 261. The van der Waals surface area contributed by atoms with Crippen molar-refractivity contribution in [3.05, 3.63) is 12.2 Å². The Morgan fingerprint density at radius 3 is 2.33 bits per heavy atom. The van der Waals surface area contributed by atoms with Crippen molar-refractivity contribution in [2.75, 3.05) is 0 Å². The zero-order valence-corrected chi connectivity index (χ0v) is 13.7. The fraction of sp³-hybridized carbons (Fsp3) is 0.833. The lowest BCUT2D eigenvalue weighted by atomic mass is 10.1. The minimum absolute atomic E-state index is 0.244. The highest BCUT2D eigenvalue weighted by Gasteiger charge is 2.02. The first-order valence-corrected chi connectivity index (χ1v) is 8.71. The van der Waals surface area contributed by atoms with Crippen molar-refractivity contribution in [2.45, 2.75) is 96.5 Å². The molecule has 1 atom stereocenters. The highest BCUT2D eigenvalue weighted by atomic mass is 16.4. The monoisotopic (exact) mass is 298 g/mol. The van der Waals surface area contributed by atoms with Gasteiger partial charge >= 0.3 is 5.97 Å². The maximum absolute atomic E-state index is 10.3. The Hall–Kier alpha value is -0.830. The van der Waals surface area contributed by atoms with E-state index in [2.05, 4.69) is 19.1 Å². The van der Waals surface area contributed by atoms with Crippen molar-refractivity contribution in [1.82, 2.24) is 0 Å². The fourth-order valence-corrected chi connectivity index (χ4v) is 2.36. The van der Waals surface area contributed by atoms with E-state index in [0.717, 1.165) is 38.5 Å². The van der Waals surface area contributed by atoms with Crippen molar-refractivity contribution in [2.24, 2.45) is 0 Å². The largest absolute Gasteiger partial charge is 0.481 e. The molecule has 0 fully saturated rings. The molecule has 0 aliphatic carbocycles. The van der Waals surface area contributed by atoms with Gasteiger partial charge in [0.25, 0.3) is 0 Å². The third kappa shape index (κ3) is 17.1. The van der Waals surface area contributed by atoms with Gasteiger partial charge in [-0.25, -0.2) is 0 Å². The predicted octanol–water partition coefficient (Wildman–Crippen LogP) is 5.08. The third-order valence-electron chi connectivity index (χ3n) is 3.73. The molecular formula is C18H34O3. The highest BCUT2D eigenvalue weighted by molar-refractivity contribution is 5.66. The average Bonchev–Trinajstić information content (AvgIpc) is 2.45. The lowest BCUT2D eigenvalue weighted by molar-refractivity contribution is -0.137. The summed E-state index contributed by atoms with van der Waals surface area (Å²) in [5.41, 5.74) is 0. The zero-order valence-electron chi connectivity index (χ0n) is 13.7. The van der Waals surface area contributed by atoms with E-state index in [1.54, 1.807) is 0 Å². The molecule has 0 aliphatic heterocycles. The van der Waals surface area contributed by atoms with Crippen molar-refractivity contribution < 1.29 is 15.0 Å². The summed E-state index contributed by atoms with van der Waals surface area (Å²) in [5, 5.41) is 18.3. The summed E-state index contributed by atoms with van der Waals surface area (Å²) >= 11 is 0. The first kappa shape index (κ1) is 20.2. The Kier molecular flexibility index (Phi) is 14.9. The molecule has 1 unspecified atom stereocenters. The van der Waals surface area contributed by atoms with Gasteiger partial charge in [-0.15, -0.1) is 0 Å². The second kappa shape index (κ2) is 15.6. The average molecular weight is 298 g/mol. The fourth-order valence-electron chi connectivity index (χ4n) is 2.36. The minimum Gasteiger partial charge on any atom is -0.481 e. The molecule has 0 saturated carbocycles. The van der Waals surface area contributed by atoms with Gasteiger partial charge in [0, 0.05) is 6.42 Å². The summed E-state index contributed by atoms with van der Waals surface area (Å²) in [4.78, 5) is 10.3. The van der Waals surface area contributed by atoms with E-state index in [9.17, 15) is 9.90 Å². The van der Waals surface area contributed by atoms with Crippen LogP contribution >= 0.6 is 0 Å². The number of aliphatic hydroxyl groups is 1. The van der Waals surface area contributed by atoms with Gasteiger partial charge in [0.2, 0.25) is 0 Å². The predicted molar refractivity (Wildman–Crippen MR) is 88.5 cm³/mol. The molecule has 0 aliphatic rings. The molecule has 124 valence electrons. The second-order valence-electron chi connectivity index (χ2n) is 5.91. The molecule has 0 aromatic carbocycles. The molecule has 0 bridgehead atoms. The van der Waals surface area contributed by atoms with Gasteiger partial charge in [-0.1, -0.05) is 64.0 Å². The first-order valence-electron chi connectivity index (χ1n) is 8.71. The lowest BCUT2D eigenvalue weighted by Gasteiger charge is -2.07. The summed E-state index contributed by atoms with van der Waals surface area (Å²) < 4.78 is 0. The number of allylic oxidation sites excluding steroid dienone is 1. The zero-order chi connectivity index (χ0) is 15.8. The molecule has 0 heterocycles. The molecule has 0 aromatic heterocycles. The molecular weight excluding hydrogens is 264 g/mol. The number of hydrogen-bond donors (Lipinski definition) is 2. The molecule has 0 radical (unpaired) electrons. The van der Waals surface area contributed by atoms with E-state index in [4.69, 9.17) is 5.11 Å². The van der Waals surface area contributed by atoms with Crippen molar-refractivity contribution in [3.63, 3.8) is 0 Å². The van der Waals surface area contributed by atoms with Crippen LogP contribution in [0.1, 0.15) is 90.4 Å². The van der Waals surface area contributed by atoms with Gasteiger partial charge in [-0.3, -0.25) is 4.79 Å². The number of carboxylic acids is 1. The SMILES string of the molecule is CCCCCCCC/C=C\CC(O)CCCCCC(=O)O. The summed E-state index contributed by atoms with van der Waals surface area (Å²) in [6.07, 6.45) is 17.4. The normalized spacial score (nSPS) is 12.9. The van der Waals surface area contributed by atoms with Gasteiger partial charge < -0.3 is 10.2 Å². The molecule has 3 nitrogen and oxygen atoms in total. The smallest absolute Gasteiger partial charge is 0.303 e. The van der Waals surface area contributed by atoms with E-state index in [1.165, 1.54) is 38.5 Å². The first-order chi connectivity index (χ1) is 10.2. The lowest BCUT2D eigenvalue weighted by Crippen LogP contribution is -2.04. The van der Waals surface area contributed by atoms with Crippen LogP contribution in [-0.2, 0) is 4.79 Å². The highest BCUT2D eigenvalue weighted by Crippen LogP contribution is 2.10. The topological polar surface area (TPSA) is 57.5 Å². The Balaban J connectivity index is 3.29. The maximum atomic E-state index is 10.3. The van der Waals surface area contributed by atoms with Crippen LogP contribution in [0.15, 0.2) is 12.2 Å². The van der Waals surface area contributed by atoms with Crippen LogP contribution in [0, 0.1) is 0 Å². The van der Waals surface area contributed by atoms with Gasteiger partial charge in [-0.05, 0) is 32.1 Å². The van der Waals surface area contributed by atoms with Crippen LogP contribution < -0.4 is 0 Å². The summed E-state index contributed by atoms with van der Waals surface area (Å²) in [7, 11) is 0. The summed E-state index contributed by atoms with van der Waals surface area (Å²) in [5.74, 6) is -0.729. The van der Waals surface area contributed by atoms with Crippen LogP contribution in [0.3, 0.4) is 0 Å².